The fraction of sp³-hybridized carbons (Fsp3) is 0.0625. The van der Waals surface area contributed by atoms with E-state index >= 15 is 0 Å². The topological polar surface area (TPSA) is 48.1 Å². The van der Waals surface area contributed by atoms with E-state index in [1.54, 1.807) is 6.20 Å². The van der Waals surface area contributed by atoms with Gasteiger partial charge in [-0.3, -0.25) is 4.98 Å². The summed E-state index contributed by atoms with van der Waals surface area (Å²) in [4.78, 5) is 4.38. The monoisotopic (exact) mass is 328 g/mol. The van der Waals surface area contributed by atoms with Gasteiger partial charge >= 0.3 is 0 Å². The molecule has 0 atom stereocenters. The standard InChI is InChI=1S/C16H13BrN2O/c17-13-6-7-14(12(9-13)10-18)20-15-5-1-3-11-4-2-8-19-16(11)15/h1-9H,10,18H2. The molecule has 2 N–H and O–H groups in total. The minimum absolute atomic E-state index is 0.424. The number of halogens is 1. The van der Waals surface area contributed by atoms with Crippen molar-refractivity contribution < 1.29 is 4.74 Å². The number of pyridine rings is 1. The first-order chi connectivity index (χ1) is 9.78. The van der Waals surface area contributed by atoms with Gasteiger partial charge in [-0.25, -0.2) is 0 Å². The van der Waals surface area contributed by atoms with E-state index in [0.717, 1.165) is 32.4 Å². The SMILES string of the molecule is NCc1cc(Br)ccc1Oc1cccc2cccnc12. The molecule has 0 amide bonds. The maximum absolute atomic E-state index is 6.01. The molecule has 0 unspecified atom stereocenters. The molecule has 0 bridgehead atoms. The number of nitrogens with two attached hydrogens (primary N) is 1. The number of hydrogen-bond donors (Lipinski definition) is 1. The number of para-hydroxylation sites is 1. The van der Waals surface area contributed by atoms with Crippen LogP contribution in [0.5, 0.6) is 11.5 Å². The van der Waals surface area contributed by atoms with Gasteiger partial charge in [0.15, 0.2) is 5.75 Å². The molecule has 4 heteroatoms. The number of fused-ring (bicyclic) bond motifs is 1. The average Bonchev–Trinajstić information content (AvgIpc) is 2.49. The zero-order valence-corrected chi connectivity index (χ0v) is 12.3. The molecule has 3 aromatic rings. The van der Waals surface area contributed by atoms with Crippen LogP contribution in [0.2, 0.25) is 0 Å². The van der Waals surface area contributed by atoms with Crippen LogP contribution in [0, 0.1) is 0 Å². The van der Waals surface area contributed by atoms with Crippen LogP contribution in [0.3, 0.4) is 0 Å². The van der Waals surface area contributed by atoms with Gasteiger partial charge in [0, 0.05) is 28.2 Å². The number of benzene rings is 2. The predicted molar refractivity (Wildman–Crippen MR) is 83.9 cm³/mol. The largest absolute Gasteiger partial charge is 0.455 e. The fourth-order valence-corrected chi connectivity index (χ4v) is 2.49. The van der Waals surface area contributed by atoms with Crippen LogP contribution in [0.25, 0.3) is 10.9 Å². The Morgan fingerprint density at radius 1 is 1.05 bits per heavy atom. The van der Waals surface area contributed by atoms with Crippen molar-refractivity contribution in [3.05, 3.63) is 64.8 Å². The van der Waals surface area contributed by atoms with Gasteiger partial charge in [-0.05, 0) is 30.3 Å². The van der Waals surface area contributed by atoms with Crippen molar-refractivity contribution in [1.29, 1.82) is 0 Å². The number of hydrogen-bond acceptors (Lipinski definition) is 3. The first-order valence-corrected chi connectivity index (χ1v) is 7.07. The summed E-state index contributed by atoms with van der Waals surface area (Å²) >= 11 is 3.44. The van der Waals surface area contributed by atoms with E-state index in [1.165, 1.54) is 0 Å². The van der Waals surface area contributed by atoms with Crippen LogP contribution in [0.1, 0.15) is 5.56 Å². The number of rotatable bonds is 3. The van der Waals surface area contributed by atoms with Crippen LogP contribution in [0.15, 0.2) is 59.2 Å². The molecule has 0 radical (unpaired) electrons. The van der Waals surface area contributed by atoms with E-state index in [4.69, 9.17) is 10.5 Å². The Labute approximate surface area is 125 Å². The molecule has 0 fully saturated rings. The molecular weight excluding hydrogens is 316 g/mol. The van der Waals surface area contributed by atoms with Crippen molar-refractivity contribution >= 4 is 26.8 Å². The lowest BCUT2D eigenvalue weighted by molar-refractivity contribution is 0.480. The molecule has 0 saturated heterocycles. The highest BCUT2D eigenvalue weighted by Crippen LogP contribution is 2.31. The summed E-state index contributed by atoms with van der Waals surface area (Å²) in [5.41, 5.74) is 7.57. The third-order valence-electron chi connectivity index (χ3n) is 3.06. The van der Waals surface area contributed by atoms with Crippen molar-refractivity contribution in [2.75, 3.05) is 0 Å². The first-order valence-electron chi connectivity index (χ1n) is 6.28. The molecule has 100 valence electrons. The first kappa shape index (κ1) is 13.1. The summed E-state index contributed by atoms with van der Waals surface area (Å²) in [6, 6.07) is 15.6. The van der Waals surface area contributed by atoms with Gasteiger partial charge in [0.1, 0.15) is 11.3 Å². The molecule has 0 saturated carbocycles. The maximum atomic E-state index is 6.01. The van der Waals surface area contributed by atoms with Crippen LogP contribution in [0.4, 0.5) is 0 Å². The van der Waals surface area contributed by atoms with Crippen molar-refractivity contribution in [3.63, 3.8) is 0 Å². The lowest BCUT2D eigenvalue weighted by atomic mass is 10.2. The van der Waals surface area contributed by atoms with E-state index < -0.39 is 0 Å². The molecule has 0 aliphatic carbocycles. The summed E-state index contributed by atoms with van der Waals surface area (Å²) in [6.07, 6.45) is 1.76. The minimum atomic E-state index is 0.424. The zero-order chi connectivity index (χ0) is 13.9. The molecule has 20 heavy (non-hydrogen) atoms. The third-order valence-corrected chi connectivity index (χ3v) is 3.55. The number of nitrogens with zero attached hydrogens (tertiary/aromatic N) is 1. The van der Waals surface area contributed by atoms with Gasteiger partial charge in [-0.2, -0.15) is 0 Å². The molecule has 0 aliphatic rings. The Kier molecular flexibility index (Phi) is 3.67. The molecular formula is C16H13BrN2O. The molecule has 0 spiro atoms. The van der Waals surface area contributed by atoms with Crippen molar-refractivity contribution in [3.8, 4) is 11.5 Å². The van der Waals surface area contributed by atoms with Gasteiger partial charge in [0.05, 0.1) is 0 Å². The Bertz CT molecular complexity index is 753. The van der Waals surface area contributed by atoms with Gasteiger partial charge in [0.25, 0.3) is 0 Å². The molecule has 1 heterocycles. The Morgan fingerprint density at radius 2 is 1.90 bits per heavy atom. The Morgan fingerprint density at radius 3 is 2.75 bits per heavy atom. The zero-order valence-electron chi connectivity index (χ0n) is 10.7. The highest BCUT2D eigenvalue weighted by Gasteiger charge is 2.08. The van der Waals surface area contributed by atoms with E-state index in [2.05, 4.69) is 20.9 Å². The summed E-state index contributed by atoms with van der Waals surface area (Å²) in [5.74, 6) is 1.49. The van der Waals surface area contributed by atoms with Crippen LogP contribution in [-0.4, -0.2) is 4.98 Å². The summed E-state index contributed by atoms with van der Waals surface area (Å²) in [5, 5.41) is 1.05. The number of ether oxygens (including phenoxy) is 1. The van der Waals surface area contributed by atoms with E-state index in [0.29, 0.717) is 6.54 Å². The maximum Gasteiger partial charge on any atom is 0.153 e. The third kappa shape index (κ3) is 2.53. The van der Waals surface area contributed by atoms with Gasteiger partial charge in [-0.1, -0.05) is 34.1 Å². The fourth-order valence-electron chi connectivity index (χ4n) is 2.08. The second-order valence-electron chi connectivity index (χ2n) is 4.39. The van der Waals surface area contributed by atoms with Gasteiger partial charge in [-0.15, -0.1) is 0 Å². The second-order valence-corrected chi connectivity index (χ2v) is 5.31. The quantitative estimate of drug-likeness (QED) is 0.781. The lowest BCUT2D eigenvalue weighted by Gasteiger charge is -2.12. The molecule has 3 nitrogen and oxygen atoms in total. The summed E-state index contributed by atoms with van der Waals surface area (Å²) in [6.45, 7) is 0.424. The summed E-state index contributed by atoms with van der Waals surface area (Å²) < 4.78 is 6.99. The van der Waals surface area contributed by atoms with Gasteiger partial charge < -0.3 is 10.5 Å². The predicted octanol–water partition coefficient (Wildman–Crippen LogP) is 4.25. The smallest absolute Gasteiger partial charge is 0.153 e. The highest BCUT2D eigenvalue weighted by atomic mass is 79.9. The van der Waals surface area contributed by atoms with Crippen molar-refractivity contribution in [2.24, 2.45) is 5.73 Å². The molecule has 3 rings (SSSR count). The Balaban J connectivity index is 2.05. The van der Waals surface area contributed by atoms with Crippen molar-refractivity contribution in [1.82, 2.24) is 4.98 Å². The summed E-state index contributed by atoms with van der Waals surface area (Å²) in [7, 11) is 0. The second kappa shape index (κ2) is 5.61. The highest BCUT2D eigenvalue weighted by molar-refractivity contribution is 9.10. The van der Waals surface area contributed by atoms with E-state index in [1.807, 2.05) is 48.5 Å². The lowest BCUT2D eigenvalue weighted by Crippen LogP contribution is -1.99. The molecule has 2 aromatic carbocycles. The van der Waals surface area contributed by atoms with Crippen molar-refractivity contribution in [2.45, 2.75) is 6.54 Å². The number of aromatic nitrogens is 1. The van der Waals surface area contributed by atoms with Crippen LogP contribution in [-0.2, 0) is 6.54 Å². The minimum Gasteiger partial charge on any atom is -0.455 e. The van der Waals surface area contributed by atoms with E-state index in [-0.39, 0.29) is 0 Å². The molecule has 1 aromatic heterocycles. The normalized spacial score (nSPS) is 10.7. The van der Waals surface area contributed by atoms with Crippen LogP contribution < -0.4 is 10.5 Å². The Hall–Kier alpha value is -1.91. The van der Waals surface area contributed by atoms with Crippen LogP contribution >= 0.6 is 15.9 Å². The van der Waals surface area contributed by atoms with Gasteiger partial charge in [0.2, 0.25) is 0 Å². The van der Waals surface area contributed by atoms with E-state index in [9.17, 15) is 0 Å². The molecule has 0 aliphatic heterocycles. The average molecular weight is 329 g/mol.